The van der Waals surface area contributed by atoms with Crippen LogP contribution in [0.1, 0.15) is 39.0 Å². The van der Waals surface area contributed by atoms with Gasteiger partial charge in [-0.2, -0.15) is 0 Å². The van der Waals surface area contributed by atoms with Crippen LogP contribution in [-0.2, 0) is 20.6 Å². The quantitative estimate of drug-likeness (QED) is 0.249. The van der Waals surface area contributed by atoms with Crippen molar-refractivity contribution in [3.05, 3.63) is 0 Å². The Hall–Kier alpha value is 0.1000. The van der Waals surface area contributed by atoms with Crippen LogP contribution in [0.4, 0.5) is 0 Å². The van der Waals surface area contributed by atoms with Crippen molar-refractivity contribution in [2.75, 3.05) is 31.4 Å². The van der Waals surface area contributed by atoms with E-state index in [-0.39, 0.29) is 41.0 Å². The molecule has 0 radical (unpaired) electrons. The zero-order valence-electron chi connectivity index (χ0n) is 14.2. The first kappa shape index (κ1) is 23.1. The molecule has 0 amide bonds. The van der Waals surface area contributed by atoms with Gasteiger partial charge in [-0.3, -0.25) is 9.20 Å². The Bertz CT molecular complexity index is 497. The minimum Gasteiger partial charge on any atom is -0.356 e. The second-order valence-electron chi connectivity index (χ2n) is 5.78. The molecule has 0 spiro atoms. The lowest BCUT2D eigenvalue weighted by Gasteiger charge is -2.30. The molecule has 0 aliphatic heterocycles. The highest BCUT2D eigenvalue weighted by Crippen LogP contribution is 2.22. The van der Waals surface area contributed by atoms with Gasteiger partial charge in [0, 0.05) is 47.7 Å². The van der Waals surface area contributed by atoms with Crippen LogP contribution in [0.2, 0.25) is 0 Å². The van der Waals surface area contributed by atoms with Gasteiger partial charge in [-0.05, 0) is 25.7 Å². The third-order valence-corrected chi connectivity index (χ3v) is 6.60. The minimum absolute atomic E-state index is 0. The molecule has 23 heavy (non-hydrogen) atoms. The van der Waals surface area contributed by atoms with Crippen LogP contribution < -0.4 is 10.6 Å². The van der Waals surface area contributed by atoms with Crippen molar-refractivity contribution in [1.82, 2.24) is 10.6 Å². The van der Waals surface area contributed by atoms with E-state index >= 15 is 0 Å². The average Bonchev–Trinajstić information content (AvgIpc) is 2.48. The zero-order valence-corrected chi connectivity index (χ0v) is 18.2. The smallest absolute Gasteiger partial charge is 0.191 e. The molecule has 6 nitrogen and oxygen atoms in total. The SMILES string of the molecule is CCS(=O)C1CCCC(NC(=NC)NCCCS(C)(=O)=O)C1.I. The fourth-order valence-corrected chi connectivity index (χ4v) is 4.70. The Morgan fingerprint density at radius 1 is 1.35 bits per heavy atom. The fourth-order valence-electron chi connectivity index (χ4n) is 2.68. The van der Waals surface area contributed by atoms with Gasteiger partial charge in [0.2, 0.25) is 0 Å². The van der Waals surface area contributed by atoms with Crippen LogP contribution in [0.5, 0.6) is 0 Å². The van der Waals surface area contributed by atoms with Crippen LogP contribution in [-0.4, -0.2) is 61.2 Å². The van der Waals surface area contributed by atoms with Gasteiger partial charge >= 0.3 is 0 Å². The number of guanidine groups is 1. The third kappa shape index (κ3) is 9.85. The molecule has 0 saturated heterocycles. The lowest BCUT2D eigenvalue weighted by atomic mass is 9.95. The highest BCUT2D eigenvalue weighted by atomic mass is 127. The molecule has 3 unspecified atom stereocenters. The Kier molecular flexibility index (Phi) is 11.7. The molecule has 3 atom stereocenters. The molecule has 0 aromatic carbocycles. The van der Waals surface area contributed by atoms with Gasteiger partial charge in [0.15, 0.2) is 5.96 Å². The average molecular weight is 479 g/mol. The van der Waals surface area contributed by atoms with Gasteiger partial charge < -0.3 is 10.6 Å². The predicted molar refractivity (Wildman–Crippen MR) is 109 cm³/mol. The highest BCUT2D eigenvalue weighted by molar-refractivity contribution is 14.0. The van der Waals surface area contributed by atoms with Gasteiger partial charge in [0.25, 0.3) is 0 Å². The molecule has 9 heteroatoms. The summed E-state index contributed by atoms with van der Waals surface area (Å²) in [5.41, 5.74) is 0. The van der Waals surface area contributed by atoms with E-state index in [0.29, 0.717) is 18.9 Å². The van der Waals surface area contributed by atoms with E-state index < -0.39 is 20.6 Å². The van der Waals surface area contributed by atoms with Crippen molar-refractivity contribution in [1.29, 1.82) is 0 Å². The van der Waals surface area contributed by atoms with Gasteiger partial charge in [0.05, 0.1) is 5.75 Å². The van der Waals surface area contributed by atoms with Gasteiger partial charge in [-0.1, -0.05) is 13.3 Å². The number of nitrogens with zero attached hydrogens (tertiary/aromatic N) is 1. The maximum atomic E-state index is 12.0. The standard InChI is InChI=1S/C14H29N3O3S2.HI/c1-4-21(18)13-8-5-7-12(11-13)17-14(15-2)16-9-6-10-22(3,19)20;/h12-13H,4-11H2,1-3H3,(H2,15,16,17);1H. The number of aliphatic imine (C=N–C) groups is 1. The van der Waals surface area contributed by atoms with Crippen molar-refractivity contribution in [2.45, 2.75) is 50.3 Å². The largest absolute Gasteiger partial charge is 0.356 e. The van der Waals surface area contributed by atoms with Crippen LogP contribution in [0.25, 0.3) is 0 Å². The number of nitrogens with one attached hydrogen (secondary N) is 2. The van der Waals surface area contributed by atoms with E-state index in [1.54, 1.807) is 7.05 Å². The topological polar surface area (TPSA) is 87.6 Å². The summed E-state index contributed by atoms with van der Waals surface area (Å²) in [5.74, 6) is 1.59. The maximum Gasteiger partial charge on any atom is 0.191 e. The van der Waals surface area contributed by atoms with E-state index in [4.69, 9.17) is 0 Å². The second-order valence-corrected chi connectivity index (χ2v) is 10.0. The molecule has 1 aliphatic rings. The van der Waals surface area contributed by atoms with E-state index in [1.807, 2.05) is 6.92 Å². The Labute approximate surface area is 160 Å². The Balaban J connectivity index is 0.00000484. The first-order valence-corrected chi connectivity index (χ1v) is 11.3. The molecule has 1 aliphatic carbocycles. The number of hydrogen-bond acceptors (Lipinski definition) is 4. The summed E-state index contributed by atoms with van der Waals surface area (Å²) in [7, 11) is -1.94. The minimum atomic E-state index is -2.91. The molecule has 138 valence electrons. The summed E-state index contributed by atoms with van der Waals surface area (Å²) in [6.45, 7) is 2.54. The number of hydrogen-bond donors (Lipinski definition) is 2. The van der Waals surface area contributed by atoms with E-state index in [1.165, 1.54) is 6.26 Å². The summed E-state index contributed by atoms with van der Waals surface area (Å²) < 4.78 is 34.1. The highest BCUT2D eigenvalue weighted by Gasteiger charge is 2.25. The molecule has 1 fully saturated rings. The molecule has 1 saturated carbocycles. The first-order chi connectivity index (χ1) is 10.4. The second kappa shape index (κ2) is 11.6. The summed E-state index contributed by atoms with van der Waals surface area (Å²) in [6.07, 6.45) is 5.90. The van der Waals surface area contributed by atoms with Crippen molar-refractivity contribution < 1.29 is 12.6 Å². The van der Waals surface area contributed by atoms with Gasteiger partial charge in [0.1, 0.15) is 9.84 Å². The predicted octanol–water partition coefficient (Wildman–Crippen LogP) is 1.28. The van der Waals surface area contributed by atoms with E-state index in [2.05, 4.69) is 15.6 Å². The van der Waals surface area contributed by atoms with E-state index in [0.717, 1.165) is 31.4 Å². The number of sulfone groups is 1. The molecule has 1 rings (SSSR count). The Morgan fingerprint density at radius 2 is 2.04 bits per heavy atom. The lowest BCUT2D eigenvalue weighted by molar-refractivity contribution is 0.413. The monoisotopic (exact) mass is 479 g/mol. The van der Waals surface area contributed by atoms with Crippen LogP contribution in [0, 0.1) is 0 Å². The lowest BCUT2D eigenvalue weighted by Crippen LogP contribution is -2.47. The van der Waals surface area contributed by atoms with Crippen LogP contribution in [0.15, 0.2) is 4.99 Å². The third-order valence-electron chi connectivity index (χ3n) is 3.83. The molecule has 0 heterocycles. The van der Waals surface area contributed by atoms with Crippen molar-refractivity contribution in [2.24, 2.45) is 4.99 Å². The maximum absolute atomic E-state index is 12.0. The van der Waals surface area contributed by atoms with Crippen molar-refractivity contribution in [3.63, 3.8) is 0 Å². The summed E-state index contributed by atoms with van der Waals surface area (Å²) >= 11 is 0. The van der Waals surface area contributed by atoms with Gasteiger partial charge in [-0.15, -0.1) is 24.0 Å². The molecule has 0 aromatic heterocycles. The molecule has 0 bridgehead atoms. The molecular weight excluding hydrogens is 449 g/mol. The zero-order chi connectivity index (χ0) is 16.6. The summed E-state index contributed by atoms with van der Waals surface area (Å²) in [5, 5.41) is 6.79. The normalized spacial score (nSPS) is 23.7. The van der Waals surface area contributed by atoms with Crippen LogP contribution >= 0.6 is 24.0 Å². The number of rotatable bonds is 7. The molecular formula is C14H30IN3O3S2. The Morgan fingerprint density at radius 3 is 2.61 bits per heavy atom. The first-order valence-electron chi connectivity index (χ1n) is 7.87. The van der Waals surface area contributed by atoms with Crippen molar-refractivity contribution in [3.8, 4) is 0 Å². The number of halogens is 1. The van der Waals surface area contributed by atoms with Gasteiger partial charge in [-0.25, -0.2) is 8.42 Å². The summed E-state index contributed by atoms with van der Waals surface area (Å²) in [4.78, 5) is 4.18. The van der Waals surface area contributed by atoms with Crippen molar-refractivity contribution >= 4 is 50.6 Å². The van der Waals surface area contributed by atoms with Crippen LogP contribution in [0.3, 0.4) is 0 Å². The van der Waals surface area contributed by atoms with E-state index in [9.17, 15) is 12.6 Å². The molecule has 0 aromatic rings. The molecule has 2 N–H and O–H groups in total. The fraction of sp³-hybridized carbons (Fsp3) is 0.929. The summed E-state index contributed by atoms with van der Waals surface area (Å²) in [6, 6.07) is 0.287.